The van der Waals surface area contributed by atoms with Crippen molar-refractivity contribution >= 4 is 11.6 Å². The number of carbonyl (C=O) groups excluding carboxylic acids is 1. The van der Waals surface area contributed by atoms with Crippen molar-refractivity contribution in [3.05, 3.63) is 24.3 Å². The molecule has 23 heavy (non-hydrogen) atoms. The molecule has 0 aliphatic carbocycles. The van der Waals surface area contributed by atoms with E-state index in [1.54, 1.807) is 7.11 Å². The molecule has 1 saturated heterocycles. The first-order valence-corrected chi connectivity index (χ1v) is 8.47. The van der Waals surface area contributed by atoms with Crippen LogP contribution in [0.5, 0.6) is 5.75 Å². The highest BCUT2D eigenvalue weighted by atomic mass is 16.5. The van der Waals surface area contributed by atoms with Gasteiger partial charge in [0.1, 0.15) is 5.75 Å². The number of hydrogen-bond donors (Lipinski definition) is 2. The summed E-state index contributed by atoms with van der Waals surface area (Å²) in [4.78, 5) is 15.9. The summed E-state index contributed by atoms with van der Waals surface area (Å²) >= 11 is 0. The van der Waals surface area contributed by atoms with E-state index in [4.69, 9.17) is 4.74 Å². The van der Waals surface area contributed by atoms with Crippen molar-refractivity contribution in [2.45, 2.75) is 32.7 Å². The van der Waals surface area contributed by atoms with Crippen molar-refractivity contribution in [1.29, 1.82) is 0 Å². The molecule has 1 amide bonds. The van der Waals surface area contributed by atoms with Crippen LogP contribution in [0, 0.1) is 0 Å². The monoisotopic (exact) mass is 320 g/mol. The highest BCUT2D eigenvalue weighted by Crippen LogP contribution is 2.27. The number of piperazine rings is 1. The van der Waals surface area contributed by atoms with Gasteiger partial charge in [0.25, 0.3) is 5.91 Å². The van der Waals surface area contributed by atoms with Crippen molar-refractivity contribution in [1.82, 2.24) is 5.32 Å². The normalized spacial score (nSPS) is 16.3. The number of hydrogen-bond acceptors (Lipinski definition) is 3. The van der Waals surface area contributed by atoms with E-state index >= 15 is 0 Å². The van der Waals surface area contributed by atoms with E-state index in [0.29, 0.717) is 6.54 Å². The van der Waals surface area contributed by atoms with Gasteiger partial charge in [0, 0.05) is 5.54 Å². The van der Waals surface area contributed by atoms with Crippen LogP contribution in [0.1, 0.15) is 27.2 Å². The Hall–Kier alpha value is -1.75. The molecule has 1 heterocycles. The van der Waals surface area contributed by atoms with Crippen LogP contribution in [-0.2, 0) is 4.79 Å². The summed E-state index contributed by atoms with van der Waals surface area (Å²) in [7, 11) is 1.71. The minimum Gasteiger partial charge on any atom is -0.495 e. The maximum absolute atomic E-state index is 12.2. The molecular weight excluding hydrogens is 290 g/mol. The lowest BCUT2D eigenvalue weighted by Gasteiger charge is -2.34. The molecule has 0 aromatic heterocycles. The molecule has 1 aliphatic heterocycles. The lowest BCUT2D eigenvalue weighted by molar-refractivity contribution is -0.892. The number of quaternary nitrogens is 1. The number of methoxy groups -OCH3 is 1. The summed E-state index contributed by atoms with van der Waals surface area (Å²) in [6.07, 6.45) is 0.940. The number of nitrogens with zero attached hydrogens (tertiary/aromatic N) is 1. The van der Waals surface area contributed by atoms with Gasteiger partial charge in [-0.25, -0.2) is 0 Å². The number of benzene rings is 1. The Morgan fingerprint density at radius 2 is 1.96 bits per heavy atom. The van der Waals surface area contributed by atoms with E-state index in [1.165, 1.54) is 4.90 Å². The topological polar surface area (TPSA) is 46.0 Å². The number of anilines is 1. The summed E-state index contributed by atoms with van der Waals surface area (Å²) in [6.45, 7) is 10.6. The van der Waals surface area contributed by atoms with Crippen LogP contribution >= 0.6 is 0 Å². The summed E-state index contributed by atoms with van der Waals surface area (Å²) in [5.74, 6) is 1.07. The van der Waals surface area contributed by atoms with Gasteiger partial charge in [0.05, 0.1) is 39.0 Å². The molecule has 2 N–H and O–H groups in total. The lowest BCUT2D eigenvalue weighted by atomic mass is 10.0. The van der Waals surface area contributed by atoms with Gasteiger partial charge in [-0.2, -0.15) is 0 Å². The van der Waals surface area contributed by atoms with Crippen molar-refractivity contribution in [3.63, 3.8) is 0 Å². The van der Waals surface area contributed by atoms with E-state index in [1.807, 2.05) is 18.2 Å². The number of nitrogens with one attached hydrogen (secondary N) is 2. The molecule has 0 spiro atoms. The molecule has 0 radical (unpaired) electrons. The Kier molecular flexibility index (Phi) is 5.88. The van der Waals surface area contributed by atoms with Crippen LogP contribution in [0.4, 0.5) is 5.69 Å². The van der Waals surface area contributed by atoms with Gasteiger partial charge in [0.15, 0.2) is 6.54 Å². The molecular formula is C18H30N3O2+. The highest BCUT2D eigenvalue weighted by molar-refractivity contribution is 5.77. The Labute approximate surface area is 139 Å². The van der Waals surface area contributed by atoms with Gasteiger partial charge in [-0.05, 0) is 32.4 Å². The minimum absolute atomic E-state index is 0.115. The van der Waals surface area contributed by atoms with E-state index in [9.17, 15) is 4.79 Å². The van der Waals surface area contributed by atoms with Gasteiger partial charge in [-0.1, -0.05) is 19.1 Å². The van der Waals surface area contributed by atoms with Gasteiger partial charge in [0.2, 0.25) is 0 Å². The number of carbonyl (C=O) groups is 1. The second-order valence-electron chi connectivity index (χ2n) is 6.87. The predicted octanol–water partition coefficient (Wildman–Crippen LogP) is 0.705. The zero-order valence-corrected chi connectivity index (χ0v) is 14.8. The Bertz CT molecular complexity index is 523. The van der Waals surface area contributed by atoms with Crippen LogP contribution in [0.3, 0.4) is 0 Å². The number of rotatable bonds is 6. The maximum Gasteiger partial charge on any atom is 0.275 e. The molecule has 5 heteroatoms. The third-order valence-corrected chi connectivity index (χ3v) is 4.67. The summed E-state index contributed by atoms with van der Waals surface area (Å²) in [6, 6.07) is 8.12. The number of para-hydroxylation sites is 2. The largest absolute Gasteiger partial charge is 0.495 e. The zero-order valence-electron chi connectivity index (χ0n) is 14.8. The fourth-order valence-corrected chi connectivity index (χ4v) is 2.87. The highest BCUT2D eigenvalue weighted by Gasteiger charge is 2.25. The van der Waals surface area contributed by atoms with Gasteiger partial charge in [-0.3, -0.25) is 4.79 Å². The fraction of sp³-hybridized carbons (Fsp3) is 0.611. The standard InChI is InChI=1S/C18H29N3O2/c1-5-18(2,3)19-17(22)14-20-10-12-21(13-11-20)15-8-6-7-9-16(15)23-4/h6-9H,5,10-14H2,1-4H3,(H,19,22)/p+1. The number of amides is 1. The minimum atomic E-state index is -0.115. The van der Waals surface area contributed by atoms with E-state index < -0.39 is 0 Å². The molecule has 0 atom stereocenters. The van der Waals surface area contributed by atoms with Crippen LogP contribution in [0.2, 0.25) is 0 Å². The van der Waals surface area contributed by atoms with Crippen LogP contribution in [-0.4, -0.2) is 51.3 Å². The smallest absolute Gasteiger partial charge is 0.275 e. The van der Waals surface area contributed by atoms with Crippen LogP contribution in [0.15, 0.2) is 24.3 Å². The van der Waals surface area contributed by atoms with Crippen molar-refractivity contribution < 1.29 is 14.4 Å². The molecule has 1 aliphatic rings. The van der Waals surface area contributed by atoms with Crippen LogP contribution < -0.4 is 19.9 Å². The quantitative estimate of drug-likeness (QED) is 0.811. The van der Waals surface area contributed by atoms with E-state index in [0.717, 1.165) is 44.0 Å². The molecule has 2 rings (SSSR count). The second-order valence-corrected chi connectivity index (χ2v) is 6.87. The Balaban J connectivity index is 1.85. The average molecular weight is 320 g/mol. The molecule has 0 bridgehead atoms. The predicted molar refractivity (Wildman–Crippen MR) is 93.3 cm³/mol. The molecule has 1 aromatic rings. The third-order valence-electron chi connectivity index (χ3n) is 4.67. The van der Waals surface area contributed by atoms with Crippen molar-refractivity contribution in [2.75, 3.05) is 44.7 Å². The summed E-state index contributed by atoms with van der Waals surface area (Å²) in [5, 5.41) is 3.12. The molecule has 5 nitrogen and oxygen atoms in total. The first kappa shape index (κ1) is 17.6. The Morgan fingerprint density at radius 1 is 1.30 bits per heavy atom. The van der Waals surface area contributed by atoms with Crippen molar-refractivity contribution in [2.24, 2.45) is 0 Å². The molecule has 128 valence electrons. The summed E-state index contributed by atoms with van der Waals surface area (Å²) in [5.41, 5.74) is 1.03. The van der Waals surface area contributed by atoms with Gasteiger partial charge in [-0.15, -0.1) is 0 Å². The molecule has 1 fully saturated rings. The third kappa shape index (κ3) is 4.86. The van der Waals surface area contributed by atoms with E-state index in [-0.39, 0.29) is 11.4 Å². The molecule has 0 unspecified atom stereocenters. The van der Waals surface area contributed by atoms with E-state index in [2.05, 4.69) is 37.1 Å². The SMILES string of the molecule is CCC(C)(C)NC(=O)C[NH+]1CCN(c2ccccc2OC)CC1. The average Bonchev–Trinajstić information content (AvgIpc) is 2.55. The van der Waals surface area contributed by atoms with Gasteiger partial charge >= 0.3 is 0 Å². The van der Waals surface area contributed by atoms with Crippen molar-refractivity contribution in [3.8, 4) is 5.75 Å². The fourth-order valence-electron chi connectivity index (χ4n) is 2.87. The second kappa shape index (κ2) is 7.68. The molecule has 1 aromatic carbocycles. The summed E-state index contributed by atoms with van der Waals surface area (Å²) < 4.78 is 5.44. The Morgan fingerprint density at radius 3 is 2.57 bits per heavy atom. The maximum atomic E-state index is 12.2. The zero-order chi connectivity index (χ0) is 16.9. The van der Waals surface area contributed by atoms with Gasteiger partial charge < -0.3 is 19.9 Å². The van der Waals surface area contributed by atoms with Crippen LogP contribution in [0.25, 0.3) is 0 Å². The first-order valence-electron chi connectivity index (χ1n) is 8.47. The molecule has 0 saturated carbocycles. The lowest BCUT2D eigenvalue weighted by Crippen LogP contribution is -3.16. The number of ether oxygens (including phenoxy) is 1. The first-order chi connectivity index (χ1) is 10.9.